The summed E-state index contributed by atoms with van der Waals surface area (Å²) in [5, 5.41) is 0. The summed E-state index contributed by atoms with van der Waals surface area (Å²) in [6.45, 7) is 8.66. The number of nitrogens with one attached hydrogen (secondary N) is 1. The molecular formula is C22H32N4. The van der Waals surface area contributed by atoms with Crippen molar-refractivity contribution < 1.29 is 0 Å². The molecule has 0 aliphatic carbocycles. The summed E-state index contributed by atoms with van der Waals surface area (Å²) in [5.74, 6) is 1.05. The number of hydrogen-bond donors (Lipinski definition) is 3. The van der Waals surface area contributed by atoms with Crippen molar-refractivity contribution in [1.29, 1.82) is 0 Å². The molecule has 0 aliphatic heterocycles. The Hall–Kier alpha value is -2.49. The molecule has 0 fully saturated rings. The average Bonchev–Trinajstić information content (AvgIpc) is 3.05. The maximum absolute atomic E-state index is 6.07. The van der Waals surface area contributed by atoms with Crippen molar-refractivity contribution in [1.82, 2.24) is 9.97 Å². The lowest BCUT2D eigenvalue weighted by Crippen LogP contribution is -2.13. The molecule has 140 valence electrons. The third-order valence-corrected chi connectivity index (χ3v) is 4.77. The van der Waals surface area contributed by atoms with Crippen LogP contribution in [0.1, 0.15) is 56.8 Å². The second-order valence-electron chi connectivity index (χ2n) is 7.78. The number of allylic oxidation sites excluding steroid dienone is 3. The zero-order valence-electron chi connectivity index (χ0n) is 16.5. The summed E-state index contributed by atoms with van der Waals surface area (Å²) in [6.07, 6.45) is 9.69. The van der Waals surface area contributed by atoms with Gasteiger partial charge in [0.05, 0.1) is 0 Å². The standard InChI is InChI=1S/C22H32N4/c1-5-22(3,4)14-19-15-25-21(26-19)13-9-17-7-10-18(11-8-17)20(24)12-6-16(2)23/h6-8,10-12,15H,5,9,13-14,23-24H2,1-4H3,(H,25,26)/b16-6-,20-12-. The summed E-state index contributed by atoms with van der Waals surface area (Å²) >= 11 is 0. The van der Waals surface area contributed by atoms with E-state index in [1.165, 1.54) is 11.3 Å². The molecule has 2 aromatic rings. The van der Waals surface area contributed by atoms with E-state index in [1.807, 2.05) is 25.3 Å². The highest BCUT2D eigenvalue weighted by molar-refractivity contribution is 5.64. The Bertz CT molecular complexity index is 760. The Balaban J connectivity index is 1.93. The number of hydrogen-bond acceptors (Lipinski definition) is 3. The van der Waals surface area contributed by atoms with Gasteiger partial charge in [-0.3, -0.25) is 0 Å². The fourth-order valence-electron chi connectivity index (χ4n) is 2.71. The number of H-pyrrole nitrogens is 1. The second-order valence-corrected chi connectivity index (χ2v) is 7.78. The number of aromatic amines is 1. The van der Waals surface area contributed by atoms with Gasteiger partial charge in [-0.25, -0.2) is 4.98 Å². The van der Waals surface area contributed by atoms with Crippen molar-refractivity contribution in [2.45, 2.75) is 53.4 Å². The lowest BCUT2D eigenvalue weighted by atomic mass is 9.85. The monoisotopic (exact) mass is 352 g/mol. The lowest BCUT2D eigenvalue weighted by Gasteiger charge is -2.21. The number of benzene rings is 1. The minimum absolute atomic E-state index is 0.310. The number of rotatable bonds is 8. The molecule has 0 spiro atoms. The van der Waals surface area contributed by atoms with Crippen LogP contribution in [0.5, 0.6) is 0 Å². The highest BCUT2D eigenvalue weighted by Crippen LogP contribution is 2.24. The summed E-state index contributed by atoms with van der Waals surface area (Å²) in [4.78, 5) is 8.01. The van der Waals surface area contributed by atoms with Crippen molar-refractivity contribution in [3.8, 4) is 0 Å². The van der Waals surface area contributed by atoms with Crippen LogP contribution in [0.3, 0.4) is 0 Å². The molecule has 0 saturated carbocycles. The van der Waals surface area contributed by atoms with Crippen LogP contribution in [0, 0.1) is 5.41 Å². The first-order valence-electron chi connectivity index (χ1n) is 9.30. The van der Waals surface area contributed by atoms with Crippen LogP contribution in [0.15, 0.2) is 48.3 Å². The van der Waals surface area contributed by atoms with E-state index in [4.69, 9.17) is 11.5 Å². The van der Waals surface area contributed by atoms with Gasteiger partial charge in [-0.2, -0.15) is 0 Å². The molecule has 1 heterocycles. The molecule has 0 radical (unpaired) electrons. The van der Waals surface area contributed by atoms with Crippen molar-refractivity contribution in [2.24, 2.45) is 16.9 Å². The third kappa shape index (κ3) is 6.10. The summed E-state index contributed by atoms with van der Waals surface area (Å²) < 4.78 is 0. The smallest absolute Gasteiger partial charge is 0.106 e. The highest BCUT2D eigenvalue weighted by Gasteiger charge is 2.17. The Morgan fingerprint density at radius 3 is 2.42 bits per heavy atom. The summed E-state index contributed by atoms with van der Waals surface area (Å²) in [7, 11) is 0. The molecule has 0 atom stereocenters. The highest BCUT2D eigenvalue weighted by atomic mass is 14.9. The van der Waals surface area contributed by atoms with Crippen LogP contribution < -0.4 is 11.5 Å². The number of imidazole rings is 1. The van der Waals surface area contributed by atoms with Crippen molar-refractivity contribution >= 4 is 5.70 Å². The van der Waals surface area contributed by atoms with Gasteiger partial charge in [0.15, 0.2) is 0 Å². The van der Waals surface area contributed by atoms with E-state index in [2.05, 4.69) is 55.0 Å². The van der Waals surface area contributed by atoms with Crippen LogP contribution in [-0.2, 0) is 19.3 Å². The van der Waals surface area contributed by atoms with Gasteiger partial charge in [0.25, 0.3) is 0 Å². The van der Waals surface area contributed by atoms with Gasteiger partial charge >= 0.3 is 0 Å². The minimum atomic E-state index is 0.310. The van der Waals surface area contributed by atoms with Gasteiger partial charge in [-0.1, -0.05) is 51.5 Å². The molecule has 0 bridgehead atoms. The van der Waals surface area contributed by atoms with Gasteiger partial charge in [-0.05, 0) is 48.5 Å². The largest absolute Gasteiger partial charge is 0.402 e. The SMILES string of the molecule is CCC(C)(C)Cc1cnc(CCc2ccc(/C(N)=C/C=C(/C)N)cc2)[nH]1. The number of aromatic nitrogens is 2. The first kappa shape index (κ1) is 19.8. The predicted molar refractivity (Wildman–Crippen MR) is 110 cm³/mol. The molecule has 26 heavy (non-hydrogen) atoms. The molecule has 0 aliphatic rings. The molecule has 1 aromatic heterocycles. The normalized spacial score (nSPS) is 13.2. The van der Waals surface area contributed by atoms with Crippen molar-refractivity contribution in [2.75, 3.05) is 0 Å². The fraction of sp³-hybridized carbons (Fsp3) is 0.409. The average molecular weight is 353 g/mol. The topological polar surface area (TPSA) is 80.7 Å². The molecule has 0 amide bonds. The first-order chi connectivity index (χ1) is 12.3. The number of nitrogens with zero attached hydrogens (tertiary/aromatic N) is 1. The fourth-order valence-corrected chi connectivity index (χ4v) is 2.71. The Morgan fingerprint density at radius 2 is 1.81 bits per heavy atom. The predicted octanol–water partition coefficient (Wildman–Crippen LogP) is 4.34. The molecule has 0 saturated heterocycles. The van der Waals surface area contributed by atoms with Crippen molar-refractivity contribution in [3.63, 3.8) is 0 Å². The van der Waals surface area contributed by atoms with E-state index >= 15 is 0 Å². The van der Waals surface area contributed by atoms with E-state index in [-0.39, 0.29) is 0 Å². The molecule has 4 heteroatoms. The van der Waals surface area contributed by atoms with Gasteiger partial charge in [0, 0.05) is 29.7 Å². The molecule has 0 unspecified atom stereocenters. The molecule has 2 rings (SSSR count). The van der Waals surface area contributed by atoms with Crippen molar-refractivity contribution in [3.05, 3.63) is 71.0 Å². The Morgan fingerprint density at radius 1 is 1.12 bits per heavy atom. The van der Waals surface area contributed by atoms with Gasteiger partial charge < -0.3 is 16.5 Å². The van der Waals surface area contributed by atoms with Crippen LogP contribution >= 0.6 is 0 Å². The van der Waals surface area contributed by atoms with Crippen LogP contribution in [0.4, 0.5) is 0 Å². The Kier molecular flexibility index (Phi) is 6.67. The van der Waals surface area contributed by atoms with E-state index in [0.717, 1.165) is 48.5 Å². The van der Waals surface area contributed by atoms with E-state index < -0.39 is 0 Å². The zero-order valence-corrected chi connectivity index (χ0v) is 16.5. The first-order valence-corrected chi connectivity index (χ1v) is 9.30. The van der Waals surface area contributed by atoms with E-state index in [1.54, 1.807) is 0 Å². The van der Waals surface area contributed by atoms with Gasteiger partial charge in [-0.15, -0.1) is 0 Å². The quantitative estimate of drug-likeness (QED) is 0.618. The lowest BCUT2D eigenvalue weighted by molar-refractivity contribution is 0.346. The molecule has 4 nitrogen and oxygen atoms in total. The van der Waals surface area contributed by atoms with Crippen LogP contribution in [-0.4, -0.2) is 9.97 Å². The molecular weight excluding hydrogens is 320 g/mol. The number of aryl methyl sites for hydroxylation is 2. The number of nitrogens with two attached hydrogens (primary N) is 2. The molecule has 1 aromatic carbocycles. The van der Waals surface area contributed by atoms with Crippen LogP contribution in [0.25, 0.3) is 5.70 Å². The second kappa shape index (κ2) is 8.75. The van der Waals surface area contributed by atoms with E-state index in [0.29, 0.717) is 5.41 Å². The van der Waals surface area contributed by atoms with Crippen LogP contribution in [0.2, 0.25) is 0 Å². The zero-order chi connectivity index (χ0) is 19.2. The Labute approximate surface area is 157 Å². The maximum Gasteiger partial charge on any atom is 0.106 e. The maximum atomic E-state index is 6.07. The van der Waals surface area contributed by atoms with Gasteiger partial charge in [0.2, 0.25) is 0 Å². The molecule has 5 N–H and O–H groups in total. The minimum Gasteiger partial charge on any atom is -0.402 e. The summed E-state index contributed by atoms with van der Waals surface area (Å²) in [6, 6.07) is 8.36. The van der Waals surface area contributed by atoms with E-state index in [9.17, 15) is 0 Å². The summed E-state index contributed by atoms with van der Waals surface area (Å²) in [5.41, 5.74) is 17.0. The van der Waals surface area contributed by atoms with Gasteiger partial charge in [0.1, 0.15) is 5.82 Å². The third-order valence-electron chi connectivity index (χ3n) is 4.77.